The van der Waals surface area contributed by atoms with E-state index in [4.69, 9.17) is 11.6 Å². The highest BCUT2D eigenvalue weighted by atomic mass is 35.5. The molecule has 19 heavy (non-hydrogen) atoms. The zero-order valence-corrected chi connectivity index (χ0v) is 11.6. The first-order valence-electron chi connectivity index (χ1n) is 6.02. The molecule has 0 saturated carbocycles. The van der Waals surface area contributed by atoms with Crippen molar-refractivity contribution < 1.29 is 18.6 Å². The van der Waals surface area contributed by atoms with E-state index in [1.165, 1.54) is 12.1 Å². The number of alkyl halides is 2. The van der Waals surface area contributed by atoms with Gasteiger partial charge in [0.15, 0.2) is 0 Å². The molecule has 1 aromatic carbocycles. The van der Waals surface area contributed by atoms with Crippen LogP contribution in [0, 0.1) is 5.92 Å². The minimum atomic E-state index is -2.87. The predicted molar refractivity (Wildman–Crippen MR) is 70.6 cm³/mol. The third-order valence-corrected chi connectivity index (χ3v) is 2.91. The molecule has 0 fully saturated rings. The van der Waals surface area contributed by atoms with Gasteiger partial charge in [0.05, 0.1) is 6.10 Å². The lowest BCUT2D eigenvalue weighted by Crippen LogP contribution is -2.30. The van der Waals surface area contributed by atoms with E-state index in [0.29, 0.717) is 23.7 Å². The molecule has 1 aromatic rings. The van der Waals surface area contributed by atoms with Gasteiger partial charge in [0.25, 0.3) is 0 Å². The van der Waals surface area contributed by atoms with Crippen LogP contribution in [0.15, 0.2) is 18.2 Å². The highest BCUT2D eigenvalue weighted by molar-refractivity contribution is 6.30. The van der Waals surface area contributed by atoms with Crippen LogP contribution in [0.1, 0.15) is 19.4 Å². The van der Waals surface area contributed by atoms with Crippen molar-refractivity contribution in [2.45, 2.75) is 33.1 Å². The van der Waals surface area contributed by atoms with Crippen molar-refractivity contribution in [3.8, 4) is 5.75 Å². The molecule has 1 atom stereocenters. The molecule has 0 saturated heterocycles. The number of rotatable bonds is 7. The summed E-state index contributed by atoms with van der Waals surface area (Å²) in [5.41, 5.74) is 0.531. The lowest BCUT2D eigenvalue weighted by molar-refractivity contribution is -0.0505. The summed E-state index contributed by atoms with van der Waals surface area (Å²) in [6, 6.07) is 4.46. The smallest absolute Gasteiger partial charge is 0.387 e. The van der Waals surface area contributed by atoms with Crippen molar-refractivity contribution >= 4 is 11.6 Å². The Balaban J connectivity index is 2.63. The van der Waals surface area contributed by atoms with Gasteiger partial charge in [-0.3, -0.25) is 0 Å². The molecular formula is C13H18ClF2NO2. The van der Waals surface area contributed by atoms with Crippen LogP contribution >= 0.6 is 11.6 Å². The van der Waals surface area contributed by atoms with Crippen molar-refractivity contribution in [3.63, 3.8) is 0 Å². The van der Waals surface area contributed by atoms with E-state index in [-0.39, 0.29) is 11.7 Å². The first-order chi connectivity index (χ1) is 8.90. The summed E-state index contributed by atoms with van der Waals surface area (Å²) in [5.74, 6) is 0.217. The Morgan fingerprint density at radius 3 is 2.63 bits per heavy atom. The highest BCUT2D eigenvalue weighted by Crippen LogP contribution is 2.24. The van der Waals surface area contributed by atoms with Crippen LogP contribution in [-0.2, 0) is 6.54 Å². The van der Waals surface area contributed by atoms with Gasteiger partial charge < -0.3 is 15.2 Å². The molecule has 3 nitrogen and oxygen atoms in total. The number of hydrogen-bond acceptors (Lipinski definition) is 3. The molecule has 6 heteroatoms. The molecule has 0 aliphatic heterocycles. The number of benzene rings is 1. The summed E-state index contributed by atoms with van der Waals surface area (Å²) in [7, 11) is 0. The summed E-state index contributed by atoms with van der Waals surface area (Å²) in [4.78, 5) is 0. The Morgan fingerprint density at radius 1 is 1.37 bits per heavy atom. The second kappa shape index (κ2) is 7.62. The maximum atomic E-state index is 12.2. The number of hydrogen-bond donors (Lipinski definition) is 2. The zero-order valence-electron chi connectivity index (χ0n) is 10.9. The fraction of sp³-hybridized carbons (Fsp3) is 0.538. The summed E-state index contributed by atoms with van der Waals surface area (Å²) in [6.45, 7) is 1.60. The second-order valence-electron chi connectivity index (χ2n) is 4.57. The second-order valence-corrected chi connectivity index (χ2v) is 5.01. The molecule has 0 bridgehead atoms. The van der Waals surface area contributed by atoms with E-state index in [9.17, 15) is 13.9 Å². The third kappa shape index (κ3) is 5.72. The molecule has 1 unspecified atom stereocenters. The van der Waals surface area contributed by atoms with Crippen LogP contribution in [0.5, 0.6) is 5.75 Å². The summed E-state index contributed by atoms with van der Waals surface area (Å²) < 4.78 is 28.9. The Hall–Kier alpha value is -0.910. The number of halogens is 3. The summed E-state index contributed by atoms with van der Waals surface area (Å²) in [5, 5.41) is 13.1. The fourth-order valence-corrected chi connectivity index (χ4v) is 1.68. The molecule has 1 rings (SSSR count). The Labute approximate surface area is 116 Å². The maximum absolute atomic E-state index is 12.2. The lowest BCUT2D eigenvalue weighted by atomic mass is 10.1. The van der Waals surface area contributed by atoms with Crippen molar-refractivity contribution in [2.75, 3.05) is 6.54 Å². The van der Waals surface area contributed by atoms with Crippen molar-refractivity contribution in [1.82, 2.24) is 5.32 Å². The zero-order chi connectivity index (χ0) is 14.4. The van der Waals surface area contributed by atoms with E-state index >= 15 is 0 Å². The van der Waals surface area contributed by atoms with E-state index in [1.54, 1.807) is 6.07 Å². The standard InChI is InChI=1S/C13H18ClF2NO2/c1-8(2)11(18)7-17-6-9-5-10(14)3-4-12(9)19-13(15)16/h3-5,8,11,13,17-18H,6-7H2,1-2H3. The molecule has 0 aliphatic rings. The molecule has 0 heterocycles. The van der Waals surface area contributed by atoms with E-state index in [2.05, 4.69) is 10.1 Å². The van der Waals surface area contributed by atoms with Gasteiger partial charge >= 0.3 is 6.61 Å². The minimum absolute atomic E-state index is 0.0888. The van der Waals surface area contributed by atoms with Crippen LogP contribution in [0.25, 0.3) is 0 Å². The molecule has 2 N–H and O–H groups in total. The Bertz CT molecular complexity index is 402. The van der Waals surface area contributed by atoms with Gasteiger partial charge in [-0.05, 0) is 24.1 Å². The summed E-state index contributed by atoms with van der Waals surface area (Å²) >= 11 is 5.83. The SMILES string of the molecule is CC(C)C(O)CNCc1cc(Cl)ccc1OC(F)F. The van der Waals surface area contributed by atoms with Gasteiger partial charge in [0, 0.05) is 23.7 Å². The van der Waals surface area contributed by atoms with Crippen molar-refractivity contribution in [2.24, 2.45) is 5.92 Å². The molecule has 108 valence electrons. The molecule has 0 aliphatic carbocycles. The number of ether oxygens (including phenoxy) is 1. The van der Waals surface area contributed by atoms with Crippen LogP contribution < -0.4 is 10.1 Å². The van der Waals surface area contributed by atoms with E-state index in [1.807, 2.05) is 13.8 Å². The average molecular weight is 294 g/mol. The first kappa shape index (κ1) is 16.1. The normalized spacial score (nSPS) is 13.1. The summed E-state index contributed by atoms with van der Waals surface area (Å²) in [6.07, 6.45) is -0.487. The molecular weight excluding hydrogens is 276 g/mol. The minimum Gasteiger partial charge on any atom is -0.434 e. The van der Waals surface area contributed by atoms with Crippen molar-refractivity contribution in [3.05, 3.63) is 28.8 Å². The lowest BCUT2D eigenvalue weighted by Gasteiger charge is -2.16. The molecule has 0 radical (unpaired) electrons. The van der Waals surface area contributed by atoms with E-state index in [0.717, 1.165) is 0 Å². The van der Waals surface area contributed by atoms with Crippen LogP contribution in [0.3, 0.4) is 0 Å². The van der Waals surface area contributed by atoms with Gasteiger partial charge in [0.2, 0.25) is 0 Å². The number of aliphatic hydroxyl groups excluding tert-OH is 1. The van der Waals surface area contributed by atoms with Gasteiger partial charge in [0.1, 0.15) is 5.75 Å². The number of aliphatic hydroxyl groups is 1. The fourth-order valence-electron chi connectivity index (χ4n) is 1.49. The van der Waals surface area contributed by atoms with Crippen LogP contribution in [0.2, 0.25) is 5.02 Å². The monoisotopic (exact) mass is 293 g/mol. The van der Waals surface area contributed by atoms with Gasteiger partial charge in [-0.25, -0.2) is 0 Å². The molecule has 0 spiro atoms. The van der Waals surface area contributed by atoms with Gasteiger partial charge in [-0.1, -0.05) is 25.4 Å². The molecule has 0 aromatic heterocycles. The Kier molecular flexibility index (Phi) is 6.48. The first-order valence-corrected chi connectivity index (χ1v) is 6.40. The predicted octanol–water partition coefficient (Wildman–Crippen LogP) is 3.05. The Morgan fingerprint density at radius 2 is 2.05 bits per heavy atom. The maximum Gasteiger partial charge on any atom is 0.387 e. The molecule has 0 amide bonds. The number of nitrogens with one attached hydrogen (secondary N) is 1. The van der Waals surface area contributed by atoms with E-state index < -0.39 is 12.7 Å². The van der Waals surface area contributed by atoms with Crippen molar-refractivity contribution in [1.29, 1.82) is 0 Å². The quantitative estimate of drug-likeness (QED) is 0.812. The van der Waals surface area contributed by atoms with Gasteiger partial charge in [-0.2, -0.15) is 8.78 Å². The van der Waals surface area contributed by atoms with Crippen LogP contribution in [0.4, 0.5) is 8.78 Å². The average Bonchev–Trinajstić information content (AvgIpc) is 2.31. The highest BCUT2D eigenvalue weighted by Gasteiger charge is 2.12. The van der Waals surface area contributed by atoms with Crippen LogP contribution in [-0.4, -0.2) is 24.4 Å². The largest absolute Gasteiger partial charge is 0.434 e. The van der Waals surface area contributed by atoms with Gasteiger partial charge in [-0.15, -0.1) is 0 Å². The topological polar surface area (TPSA) is 41.5 Å². The third-order valence-electron chi connectivity index (χ3n) is 2.68.